The molecular weight excluding hydrogens is 238 g/mol. The third-order valence-electron chi connectivity index (χ3n) is 3.06. The lowest BCUT2D eigenvalue weighted by molar-refractivity contribution is 0.321. The van der Waals surface area contributed by atoms with Gasteiger partial charge in [0.1, 0.15) is 5.82 Å². The van der Waals surface area contributed by atoms with Crippen molar-refractivity contribution in [1.29, 1.82) is 0 Å². The molecule has 5 heteroatoms. The van der Waals surface area contributed by atoms with Crippen LogP contribution in [0.4, 0.5) is 5.82 Å². The van der Waals surface area contributed by atoms with Gasteiger partial charge in [-0.2, -0.15) is 5.10 Å². The average molecular weight is 259 g/mol. The Hall–Kier alpha value is -1.88. The molecule has 5 nitrogen and oxygen atoms in total. The third-order valence-corrected chi connectivity index (χ3v) is 3.06. The summed E-state index contributed by atoms with van der Waals surface area (Å²) in [6.07, 6.45) is 5.83. The summed E-state index contributed by atoms with van der Waals surface area (Å²) >= 11 is 0. The zero-order valence-corrected chi connectivity index (χ0v) is 11.4. The highest BCUT2D eigenvalue weighted by Crippen LogP contribution is 2.00. The first-order valence-corrected chi connectivity index (χ1v) is 6.61. The summed E-state index contributed by atoms with van der Waals surface area (Å²) < 4.78 is 1.89. The number of likely N-dealkylation sites (N-methyl/N-ethyl adjacent to an activating group) is 1. The maximum Gasteiger partial charge on any atom is 0.145 e. The van der Waals surface area contributed by atoms with E-state index < -0.39 is 0 Å². The van der Waals surface area contributed by atoms with Crippen LogP contribution in [0.5, 0.6) is 0 Å². The van der Waals surface area contributed by atoms with Gasteiger partial charge in [-0.15, -0.1) is 0 Å². The second-order valence-corrected chi connectivity index (χ2v) is 4.73. The third kappa shape index (κ3) is 4.71. The molecule has 0 aromatic carbocycles. The first-order chi connectivity index (χ1) is 9.24. The lowest BCUT2D eigenvalue weighted by atomic mass is 10.2. The predicted octanol–water partition coefficient (Wildman–Crippen LogP) is 1.42. The summed E-state index contributed by atoms with van der Waals surface area (Å²) in [6.45, 7) is 2.98. The highest BCUT2D eigenvalue weighted by molar-refractivity contribution is 5.23. The molecule has 2 heterocycles. The predicted molar refractivity (Wildman–Crippen MR) is 76.7 cm³/mol. The van der Waals surface area contributed by atoms with Gasteiger partial charge in [-0.25, -0.2) is 0 Å². The molecule has 0 radical (unpaired) electrons. The molecule has 0 unspecified atom stereocenters. The minimum absolute atomic E-state index is 0.587. The largest absolute Gasteiger partial charge is 0.382 e. The molecule has 0 aliphatic carbocycles. The van der Waals surface area contributed by atoms with Crippen molar-refractivity contribution in [2.75, 3.05) is 25.9 Å². The van der Waals surface area contributed by atoms with Gasteiger partial charge in [0.25, 0.3) is 0 Å². The van der Waals surface area contributed by atoms with Crippen molar-refractivity contribution >= 4 is 5.82 Å². The maximum atomic E-state index is 5.57. The molecule has 0 bridgehead atoms. The Balaban J connectivity index is 1.63. The molecule has 0 aliphatic heterocycles. The minimum Gasteiger partial charge on any atom is -0.382 e. The first-order valence-electron chi connectivity index (χ1n) is 6.61. The van der Waals surface area contributed by atoms with E-state index in [1.165, 1.54) is 0 Å². The maximum absolute atomic E-state index is 5.57. The normalized spacial score (nSPS) is 11.1. The smallest absolute Gasteiger partial charge is 0.145 e. The van der Waals surface area contributed by atoms with Crippen LogP contribution in [-0.2, 0) is 13.0 Å². The summed E-state index contributed by atoms with van der Waals surface area (Å²) in [6, 6.07) is 7.87. The van der Waals surface area contributed by atoms with Gasteiger partial charge >= 0.3 is 0 Å². The fourth-order valence-electron chi connectivity index (χ4n) is 1.97. The van der Waals surface area contributed by atoms with Gasteiger partial charge in [0, 0.05) is 37.6 Å². The van der Waals surface area contributed by atoms with E-state index in [0.717, 1.165) is 38.2 Å². The van der Waals surface area contributed by atoms with Crippen molar-refractivity contribution in [2.24, 2.45) is 0 Å². The van der Waals surface area contributed by atoms with E-state index in [0.29, 0.717) is 5.82 Å². The molecule has 0 fully saturated rings. The van der Waals surface area contributed by atoms with E-state index in [1.807, 2.05) is 35.3 Å². The van der Waals surface area contributed by atoms with Crippen molar-refractivity contribution in [3.05, 3.63) is 42.4 Å². The highest BCUT2D eigenvalue weighted by atomic mass is 15.3. The van der Waals surface area contributed by atoms with Crippen molar-refractivity contribution in [3.8, 4) is 0 Å². The van der Waals surface area contributed by atoms with Gasteiger partial charge in [-0.05, 0) is 38.2 Å². The van der Waals surface area contributed by atoms with Crippen LogP contribution in [0.1, 0.15) is 12.1 Å². The van der Waals surface area contributed by atoms with Crippen LogP contribution in [0, 0.1) is 0 Å². The zero-order valence-electron chi connectivity index (χ0n) is 11.4. The molecule has 0 aliphatic rings. The van der Waals surface area contributed by atoms with Crippen molar-refractivity contribution in [1.82, 2.24) is 19.7 Å². The van der Waals surface area contributed by atoms with Crippen LogP contribution in [0.3, 0.4) is 0 Å². The van der Waals surface area contributed by atoms with Crippen LogP contribution in [0.25, 0.3) is 0 Å². The summed E-state index contributed by atoms with van der Waals surface area (Å²) in [7, 11) is 2.14. The molecule has 0 spiro atoms. The molecule has 2 aromatic heterocycles. The molecular formula is C14H21N5. The van der Waals surface area contributed by atoms with Gasteiger partial charge in [-0.3, -0.25) is 9.67 Å². The Kier molecular flexibility index (Phi) is 4.92. The number of hydrogen-bond donors (Lipinski definition) is 1. The van der Waals surface area contributed by atoms with E-state index in [1.54, 1.807) is 0 Å². The number of rotatable bonds is 7. The highest BCUT2D eigenvalue weighted by Gasteiger charge is 2.01. The van der Waals surface area contributed by atoms with Gasteiger partial charge in [-0.1, -0.05) is 6.07 Å². The minimum atomic E-state index is 0.587. The van der Waals surface area contributed by atoms with Crippen LogP contribution in [0.15, 0.2) is 36.7 Å². The van der Waals surface area contributed by atoms with Crippen molar-refractivity contribution in [2.45, 2.75) is 19.4 Å². The monoisotopic (exact) mass is 259 g/mol. The Morgan fingerprint density at radius 1 is 1.26 bits per heavy atom. The van der Waals surface area contributed by atoms with Gasteiger partial charge < -0.3 is 10.6 Å². The molecule has 102 valence electrons. The van der Waals surface area contributed by atoms with Gasteiger partial charge in [0.15, 0.2) is 0 Å². The summed E-state index contributed by atoms with van der Waals surface area (Å²) in [4.78, 5) is 6.65. The number of anilines is 1. The fourth-order valence-corrected chi connectivity index (χ4v) is 1.97. The zero-order chi connectivity index (χ0) is 13.5. The van der Waals surface area contributed by atoms with Crippen LogP contribution >= 0.6 is 0 Å². The Morgan fingerprint density at radius 2 is 2.16 bits per heavy atom. The topological polar surface area (TPSA) is 60.0 Å². The second kappa shape index (κ2) is 6.89. The molecule has 0 saturated carbocycles. The first kappa shape index (κ1) is 13.5. The van der Waals surface area contributed by atoms with Gasteiger partial charge in [0.05, 0.1) is 0 Å². The summed E-state index contributed by atoms with van der Waals surface area (Å²) in [5.41, 5.74) is 6.72. The molecule has 2 N–H and O–H groups in total. The molecule has 0 amide bonds. The average Bonchev–Trinajstić information content (AvgIpc) is 2.83. The SMILES string of the molecule is CN(CCCn1ccc(N)n1)CCc1ccccn1. The number of pyridine rings is 1. The summed E-state index contributed by atoms with van der Waals surface area (Å²) in [5.74, 6) is 0.587. The lowest BCUT2D eigenvalue weighted by Crippen LogP contribution is -2.23. The van der Waals surface area contributed by atoms with Crippen LogP contribution in [-0.4, -0.2) is 39.8 Å². The molecule has 2 rings (SSSR count). The van der Waals surface area contributed by atoms with E-state index in [4.69, 9.17) is 5.73 Å². The Morgan fingerprint density at radius 3 is 2.84 bits per heavy atom. The number of hydrogen-bond acceptors (Lipinski definition) is 4. The Bertz CT molecular complexity index is 480. The fraction of sp³-hybridized carbons (Fsp3) is 0.429. The number of nitrogen functional groups attached to an aromatic ring is 1. The van der Waals surface area contributed by atoms with E-state index in [9.17, 15) is 0 Å². The standard InChI is InChI=1S/C14H21N5/c1-18(11-6-13-5-2-3-8-16-13)9-4-10-19-12-7-14(15)17-19/h2-3,5,7-8,12H,4,6,9-11H2,1H3,(H2,15,17). The van der Waals surface area contributed by atoms with Crippen LogP contribution < -0.4 is 5.73 Å². The number of aryl methyl sites for hydroxylation is 1. The molecule has 0 saturated heterocycles. The Labute approximate surface area is 114 Å². The quantitative estimate of drug-likeness (QED) is 0.817. The summed E-state index contributed by atoms with van der Waals surface area (Å²) in [5, 5.41) is 4.17. The van der Waals surface area contributed by atoms with Crippen LogP contribution in [0.2, 0.25) is 0 Å². The van der Waals surface area contributed by atoms with Crippen molar-refractivity contribution < 1.29 is 0 Å². The second-order valence-electron chi connectivity index (χ2n) is 4.73. The van der Waals surface area contributed by atoms with E-state index in [2.05, 4.69) is 28.1 Å². The van der Waals surface area contributed by atoms with E-state index in [-0.39, 0.29) is 0 Å². The van der Waals surface area contributed by atoms with E-state index >= 15 is 0 Å². The number of nitrogens with two attached hydrogens (primary N) is 1. The number of aromatic nitrogens is 3. The molecule has 19 heavy (non-hydrogen) atoms. The molecule has 2 aromatic rings. The number of nitrogens with zero attached hydrogens (tertiary/aromatic N) is 4. The van der Waals surface area contributed by atoms with Gasteiger partial charge in [0.2, 0.25) is 0 Å². The van der Waals surface area contributed by atoms with Crippen molar-refractivity contribution in [3.63, 3.8) is 0 Å². The lowest BCUT2D eigenvalue weighted by Gasteiger charge is -2.16. The molecule has 0 atom stereocenters.